The fourth-order valence-corrected chi connectivity index (χ4v) is 2.94. The first kappa shape index (κ1) is 17.9. The summed E-state index contributed by atoms with van der Waals surface area (Å²) < 4.78 is 0. The van der Waals surface area contributed by atoms with Crippen molar-refractivity contribution >= 4 is 17.5 Å². The van der Waals surface area contributed by atoms with Crippen LogP contribution in [0.3, 0.4) is 0 Å². The third-order valence-electron chi connectivity index (χ3n) is 4.36. The van der Waals surface area contributed by atoms with E-state index in [2.05, 4.69) is 82.1 Å². The van der Waals surface area contributed by atoms with Crippen molar-refractivity contribution < 1.29 is 0 Å². The molecule has 2 N–H and O–H groups in total. The summed E-state index contributed by atoms with van der Waals surface area (Å²) in [5.74, 6) is 1.25. The molecule has 0 fully saturated rings. The minimum atomic E-state index is 0.519. The average Bonchev–Trinajstić information content (AvgIpc) is 2.69. The number of aryl methyl sites for hydroxylation is 2. The third-order valence-corrected chi connectivity index (χ3v) is 4.36. The van der Waals surface area contributed by atoms with Crippen LogP contribution in [0.4, 0.5) is 17.5 Å². The number of hydrogen-bond acceptors (Lipinski definition) is 5. The van der Waals surface area contributed by atoms with Crippen LogP contribution in [0.1, 0.15) is 30.5 Å². The summed E-state index contributed by atoms with van der Waals surface area (Å²) in [6, 6.07) is 16.8. The molecule has 5 nitrogen and oxygen atoms in total. The van der Waals surface area contributed by atoms with Gasteiger partial charge in [0, 0.05) is 12.2 Å². The van der Waals surface area contributed by atoms with Crippen LogP contribution in [0.5, 0.6) is 0 Å². The van der Waals surface area contributed by atoms with Gasteiger partial charge < -0.3 is 10.6 Å². The normalized spacial score (nSPS) is 10.5. The van der Waals surface area contributed by atoms with Crippen molar-refractivity contribution in [2.45, 2.75) is 33.1 Å². The van der Waals surface area contributed by atoms with Crippen molar-refractivity contribution in [2.75, 3.05) is 17.2 Å². The van der Waals surface area contributed by atoms with E-state index in [1.165, 1.54) is 16.7 Å². The Labute approximate surface area is 154 Å². The highest BCUT2D eigenvalue weighted by Gasteiger charge is 2.09. The molecule has 0 aliphatic heterocycles. The Morgan fingerprint density at radius 1 is 0.885 bits per heavy atom. The lowest BCUT2D eigenvalue weighted by Gasteiger charge is -2.14. The van der Waals surface area contributed by atoms with Crippen molar-refractivity contribution in [2.24, 2.45) is 0 Å². The van der Waals surface area contributed by atoms with Crippen LogP contribution in [0.25, 0.3) is 0 Å². The summed E-state index contributed by atoms with van der Waals surface area (Å²) >= 11 is 0. The molecule has 0 bridgehead atoms. The molecule has 2 aromatic carbocycles. The number of benzene rings is 2. The first-order valence-electron chi connectivity index (χ1n) is 9.15. The highest BCUT2D eigenvalue weighted by molar-refractivity contribution is 5.64. The molecule has 134 valence electrons. The van der Waals surface area contributed by atoms with Gasteiger partial charge >= 0.3 is 0 Å². The molecular formula is C21H25N5. The van der Waals surface area contributed by atoms with Crippen molar-refractivity contribution in [1.29, 1.82) is 0 Å². The van der Waals surface area contributed by atoms with Crippen molar-refractivity contribution in [3.8, 4) is 0 Å². The van der Waals surface area contributed by atoms with Gasteiger partial charge in [-0.3, -0.25) is 0 Å². The van der Waals surface area contributed by atoms with E-state index in [1.54, 1.807) is 6.20 Å². The van der Waals surface area contributed by atoms with Crippen molar-refractivity contribution in [1.82, 2.24) is 15.2 Å². The average molecular weight is 347 g/mol. The molecule has 0 unspecified atom stereocenters. The summed E-state index contributed by atoms with van der Waals surface area (Å²) in [6.07, 6.45) is 4.51. The second-order valence-electron chi connectivity index (χ2n) is 6.11. The molecule has 0 aliphatic carbocycles. The molecule has 3 rings (SSSR count). The molecule has 1 heterocycles. The summed E-state index contributed by atoms with van der Waals surface area (Å²) in [4.78, 5) is 4.55. The smallest absolute Gasteiger partial charge is 0.249 e. The number of aromatic nitrogens is 3. The van der Waals surface area contributed by atoms with E-state index < -0.39 is 0 Å². The number of nitrogens with zero attached hydrogens (tertiary/aromatic N) is 3. The molecular weight excluding hydrogens is 322 g/mol. The van der Waals surface area contributed by atoms with Crippen LogP contribution < -0.4 is 10.6 Å². The minimum absolute atomic E-state index is 0.519. The highest BCUT2D eigenvalue weighted by Crippen LogP contribution is 2.25. The molecule has 0 atom stereocenters. The Bertz CT molecular complexity index is 811. The Morgan fingerprint density at radius 2 is 1.62 bits per heavy atom. The first-order valence-corrected chi connectivity index (χ1v) is 9.15. The largest absolute Gasteiger partial charge is 0.368 e. The van der Waals surface area contributed by atoms with E-state index in [0.29, 0.717) is 5.95 Å². The van der Waals surface area contributed by atoms with E-state index in [1.807, 2.05) is 6.07 Å². The summed E-state index contributed by atoms with van der Waals surface area (Å²) in [5, 5.41) is 14.9. The Kier molecular flexibility index (Phi) is 6.14. The van der Waals surface area contributed by atoms with Gasteiger partial charge in [0.1, 0.15) is 0 Å². The molecule has 0 radical (unpaired) electrons. The van der Waals surface area contributed by atoms with Gasteiger partial charge in [-0.1, -0.05) is 62.4 Å². The van der Waals surface area contributed by atoms with Gasteiger partial charge in [0.2, 0.25) is 5.95 Å². The standard InChI is InChI=1S/C21H25N5/c1-3-17-11-8-12-18(4-2)20(17)25-21-24-19(15-23-26-21)22-14-13-16-9-6-5-7-10-16/h5-12,15H,3-4,13-14H2,1-2H3,(H2,22,24,25,26). The Balaban J connectivity index is 1.68. The fraction of sp³-hybridized carbons (Fsp3) is 0.286. The van der Waals surface area contributed by atoms with Crippen LogP contribution in [-0.4, -0.2) is 21.7 Å². The molecule has 0 amide bonds. The monoisotopic (exact) mass is 347 g/mol. The molecule has 1 aromatic heterocycles. The van der Waals surface area contributed by atoms with Crippen LogP contribution >= 0.6 is 0 Å². The zero-order valence-corrected chi connectivity index (χ0v) is 15.4. The SMILES string of the molecule is CCc1cccc(CC)c1Nc1nncc(NCCc2ccccc2)n1. The van der Waals surface area contributed by atoms with Gasteiger partial charge in [0.05, 0.1) is 6.20 Å². The Hall–Kier alpha value is -2.95. The molecule has 26 heavy (non-hydrogen) atoms. The van der Waals surface area contributed by atoms with E-state index in [0.717, 1.165) is 37.3 Å². The second-order valence-corrected chi connectivity index (χ2v) is 6.11. The van der Waals surface area contributed by atoms with Crippen LogP contribution in [0.2, 0.25) is 0 Å². The van der Waals surface area contributed by atoms with Gasteiger partial charge in [-0.2, -0.15) is 10.1 Å². The summed E-state index contributed by atoms with van der Waals surface area (Å²) in [7, 11) is 0. The maximum Gasteiger partial charge on any atom is 0.249 e. The molecule has 0 spiro atoms. The first-order chi connectivity index (χ1) is 12.8. The third kappa shape index (κ3) is 4.57. The fourth-order valence-electron chi connectivity index (χ4n) is 2.94. The number of rotatable bonds is 8. The van der Waals surface area contributed by atoms with Gasteiger partial charge in [0.15, 0.2) is 5.82 Å². The van der Waals surface area contributed by atoms with Gasteiger partial charge in [-0.15, -0.1) is 5.10 Å². The van der Waals surface area contributed by atoms with Crippen LogP contribution in [-0.2, 0) is 19.3 Å². The lowest BCUT2D eigenvalue weighted by Crippen LogP contribution is -2.09. The highest BCUT2D eigenvalue weighted by atomic mass is 15.3. The molecule has 0 saturated heterocycles. The predicted octanol–water partition coefficient (Wildman–Crippen LogP) is 4.39. The maximum absolute atomic E-state index is 4.55. The lowest BCUT2D eigenvalue weighted by atomic mass is 10.0. The van der Waals surface area contributed by atoms with Crippen molar-refractivity contribution in [3.05, 3.63) is 71.4 Å². The molecule has 0 aliphatic rings. The number of anilines is 3. The van der Waals surface area contributed by atoms with Crippen LogP contribution in [0, 0.1) is 0 Å². The Morgan fingerprint density at radius 3 is 2.31 bits per heavy atom. The predicted molar refractivity (Wildman–Crippen MR) is 107 cm³/mol. The molecule has 3 aromatic rings. The zero-order valence-electron chi connectivity index (χ0n) is 15.4. The quantitative estimate of drug-likeness (QED) is 0.632. The number of nitrogens with one attached hydrogen (secondary N) is 2. The minimum Gasteiger partial charge on any atom is -0.368 e. The zero-order chi connectivity index (χ0) is 18.2. The number of hydrogen-bond donors (Lipinski definition) is 2. The van der Waals surface area contributed by atoms with Crippen molar-refractivity contribution in [3.63, 3.8) is 0 Å². The van der Waals surface area contributed by atoms with E-state index >= 15 is 0 Å². The maximum atomic E-state index is 4.55. The van der Waals surface area contributed by atoms with Gasteiger partial charge in [0.25, 0.3) is 0 Å². The molecule has 0 saturated carbocycles. The van der Waals surface area contributed by atoms with Crippen LogP contribution in [0.15, 0.2) is 54.7 Å². The summed E-state index contributed by atoms with van der Waals surface area (Å²) in [5.41, 5.74) is 4.91. The second kappa shape index (κ2) is 8.94. The lowest BCUT2D eigenvalue weighted by molar-refractivity contribution is 0.947. The number of para-hydroxylation sites is 1. The van der Waals surface area contributed by atoms with E-state index in [4.69, 9.17) is 0 Å². The van der Waals surface area contributed by atoms with E-state index in [-0.39, 0.29) is 0 Å². The van der Waals surface area contributed by atoms with Gasteiger partial charge in [-0.05, 0) is 36.0 Å². The van der Waals surface area contributed by atoms with E-state index in [9.17, 15) is 0 Å². The molecule has 5 heteroatoms. The summed E-state index contributed by atoms with van der Waals surface area (Å²) in [6.45, 7) is 5.11. The van der Waals surface area contributed by atoms with Gasteiger partial charge in [-0.25, -0.2) is 0 Å². The topological polar surface area (TPSA) is 62.7 Å².